The third kappa shape index (κ3) is 4.20. The van der Waals surface area contributed by atoms with Gasteiger partial charge in [0, 0.05) is 38.3 Å². The van der Waals surface area contributed by atoms with E-state index in [4.69, 9.17) is 0 Å². The topological polar surface area (TPSA) is 101 Å². The maximum Gasteiger partial charge on any atom is 0.270 e. The summed E-state index contributed by atoms with van der Waals surface area (Å²) in [6.45, 7) is 2.85. The van der Waals surface area contributed by atoms with Crippen molar-refractivity contribution in [3.8, 4) is 0 Å². The molecule has 1 fully saturated rings. The fourth-order valence-electron chi connectivity index (χ4n) is 3.17. The van der Waals surface area contributed by atoms with Gasteiger partial charge in [-0.25, -0.2) is 8.42 Å². The molecule has 1 saturated heterocycles. The standard InChI is InChI=1S/C19H21N3O5S/c1-15-5-2-3-6-16(15)13-19(23)20-9-11-21(12-10-20)28(26,27)18-8-4-7-17(14-18)22(24)25/h2-8,14H,9-13H2,1H3. The van der Waals surface area contributed by atoms with Crippen LogP contribution in [0.3, 0.4) is 0 Å². The minimum absolute atomic E-state index is 0.0401. The van der Waals surface area contributed by atoms with E-state index in [1.807, 2.05) is 31.2 Å². The molecule has 3 rings (SSSR count). The summed E-state index contributed by atoms with van der Waals surface area (Å²) < 4.78 is 26.8. The van der Waals surface area contributed by atoms with Crippen molar-refractivity contribution in [3.05, 3.63) is 69.8 Å². The molecule has 28 heavy (non-hydrogen) atoms. The van der Waals surface area contributed by atoms with E-state index >= 15 is 0 Å². The number of piperazine rings is 1. The van der Waals surface area contributed by atoms with Crippen molar-refractivity contribution in [1.82, 2.24) is 9.21 Å². The second kappa shape index (κ2) is 8.07. The van der Waals surface area contributed by atoms with E-state index < -0.39 is 14.9 Å². The predicted octanol–water partition coefficient (Wildman–Crippen LogP) is 1.98. The highest BCUT2D eigenvalue weighted by Gasteiger charge is 2.31. The van der Waals surface area contributed by atoms with E-state index in [9.17, 15) is 23.3 Å². The van der Waals surface area contributed by atoms with Gasteiger partial charge in [-0.05, 0) is 24.1 Å². The largest absolute Gasteiger partial charge is 0.340 e. The van der Waals surface area contributed by atoms with Crippen LogP contribution in [-0.2, 0) is 21.2 Å². The molecule has 8 nitrogen and oxygen atoms in total. The number of carbonyl (C=O) groups is 1. The van der Waals surface area contributed by atoms with Gasteiger partial charge in [0.1, 0.15) is 0 Å². The highest BCUT2D eigenvalue weighted by Crippen LogP contribution is 2.22. The van der Waals surface area contributed by atoms with Crippen molar-refractivity contribution in [1.29, 1.82) is 0 Å². The Bertz CT molecular complexity index is 998. The molecular formula is C19H21N3O5S. The molecule has 148 valence electrons. The summed E-state index contributed by atoms with van der Waals surface area (Å²) in [5.41, 5.74) is 1.73. The summed E-state index contributed by atoms with van der Waals surface area (Å²) >= 11 is 0. The monoisotopic (exact) mass is 403 g/mol. The Balaban J connectivity index is 1.66. The third-order valence-electron chi connectivity index (χ3n) is 4.86. The second-order valence-electron chi connectivity index (χ2n) is 6.64. The number of hydrogen-bond acceptors (Lipinski definition) is 5. The van der Waals surface area contributed by atoms with Gasteiger partial charge in [0.25, 0.3) is 5.69 Å². The van der Waals surface area contributed by atoms with Crippen LogP contribution in [0.1, 0.15) is 11.1 Å². The number of nitro benzene ring substituents is 1. The first-order chi connectivity index (χ1) is 13.3. The van der Waals surface area contributed by atoms with Crippen LogP contribution in [0.5, 0.6) is 0 Å². The number of rotatable bonds is 5. The summed E-state index contributed by atoms with van der Waals surface area (Å²) in [5, 5.41) is 10.9. The highest BCUT2D eigenvalue weighted by atomic mass is 32.2. The number of hydrogen-bond donors (Lipinski definition) is 0. The summed E-state index contributed by atoms with van der Waals surface area (Å²) in [7, 11) is -3.84. The number of benzene rings is 2. The molecule has 0 saturated carbocycles. The zero-order chi connectivity index (χ0) is 20.3. The molecule has 0 aromatic heterocycles. The lowest BCUT2D eigenvalue weighted by atomic mass is 10.1. The molecule has 1 aliphatic rings. The van der Waals surface area contributed by atoms with Gasteiger partial charge in [0.15, 0.2) is 0 Å². The van der Waals surface area contributed by atoms with Crippen molar-refractivity contribution in [2.24, 2.45) is 0 Å². The average Bonchev–Trinajstić information content (AvgIpc) is 2.70. The average molecular weight is 403 g/mol. The van der Waals surface area contributed by atoms with Crippen LogP contribution in [0, 0.1) is 17.0 Å². The van der Waals surface area contributed by atoms with Crippen LogP contribution in [0.4, 0.5) is 5.69 Å². The van der Waals surface area contributed by atoms with E-state index in [1.165, 1.54) is 22.5 Å². The zero-order valence-corrected chi connectivity index (χ0v) is 16.3. The molecule has 2 aromatic rings. The van der Waals surface area contributed by atoms with Gasteiger partial charge in [-0.3, -0.25) is 14.9 Å². The molecular weight excluding hydrogens is 382 g/mol. The summed E-state index contributed by atoms with van der Waals surface area (Å²) in [4.78, 5) is 24.4. The lowest BCUT2D eigenvalue weighted by Gasteiger charge is -2.34. The number of nitro groups is 1. The lowest BCUT2D eigenvalue weighted by Crippen LogP contribution is -2.50. The molecule has 0 aliphatic carbocycles. The fourth-order valence-corrected chi connectivity index (χ4v) is 4.63. The maximum absolute atomic E-state index is 12.8. The second-order valence-corrected chi connectivity index (χ2v) is 8.58. The Labute approximate surface area is 163 Å². The number of nitrogens with zero attached hydrogens (tertiary/aromatic N) is 3. The Morgan fingerprint density at radius 1 is 1.07 bits per heavy atom. The molecule has 1 heterocycles. The smallest absolute Gasteiger partial charge is 0.270 e. The Morgan fingerprint density at radius 2 is 1.75 bits per heavy atom. The molecule has 1 aliphatic heterocycles. The molecule has 0 atom stereocenters. The van der Waals surface area contributed by atoms with Crippen LogP contribution in [0.15, 0.2) is 53.4 Å². The van der Waals surface area contributed by atoms with E-state index in [0.717, 1.165) is 17.2 Å². The number of carbonyl (C=O) groups excluding carboxylic acids is 1. The van der Waals surface area contributed by atoms with Gasteiger partial charge in [0.2, 0.25) is 15.9 Å². The lowest BCUT2D eigenvalue weighted by molar-refractivity contribution is -0.385. The molecule has 0 spiro atoms. The predicted molar refractivity (Wildman–Crippen MR) is 103 cm³/mol. The molecule has 2 aromatic carbocycles. The van der Waals surface area contributed by atoms with E-state index in [1.54, 1.807) is 4.90 Å². The van der Waals surface area contributed by atoms with E-state index in [2.05, 4.69) is 0 Å². The van der Waals surface area contributed by atoms with Gasteiger partial charge in [-0.2, -0.15) is 4.31 Å². The molecule has 0 unspecified atom stereocenters. The van der Waals surface area contributed by atoms with Crippen molar-refractivity contribution < 1.29 is 18.1 Å². The van der Waals surface area contributed by atoms with Crippen LogP contribution in [-0.4, -0.2) is 54.6 Å². The normalized spacial score (nSPS) is 15.4. The summed E-state index contributed by atoms with van der Waals surface area (Å²) in [6, 6.07) is 12.7. The minimum Gasteiger partial charge on any atom is -0.340 e. The molecule has 0 radical (unpaired) electrons. The summed E-state index contributed by atoms with van der Waals surface area (Å²) in [6.07, 6.45) is 0.282. The number of sulfonamides is 1. The van der Waals surface area contributed by atoms with Crippen LogP contribution in [0.2, 0.25) is 0 Å². The first-order valence-corrected chi connectivity index (χ1v) is 10.3. The number of amides is 1. The zero-order valence-electron chi connectivity index (χ0n) is 15.4. The number of non-ortho nitro benzene ring substituents is 1. The minimum atomic E-state index is -3.84. The van der Waals surface area contributed by atoms with Crippen molar-refractivity contribution in [2.45, 2.75) is 18.2 Å². The molecule has 1 amide bonds. The Kier molecular flexibility index (Phi) is 5.76. The quantitative estimate of drug-likeness (QED) is 0.561. The molecule has 0 bridgehead atoms. The van der Waals surface area contributed by atoms with Crippen LogP contribution < -0.4 is 0 Å². The Hall–Kier alpha value is -2.78. The van der Waals surface area contributed by atoms with Crippen molar-refractivity contribution in [3.63, 3.8) is 0 Å². The summed E-state index contributed by atoms with van der Waals surface area (Å²) in [5.74, 6) is -0.0401. The highest BCUT2D eigenvalue weighted by molar-refractivity contribution is 7.89. The molecule has 9 heteroatoms. The first-order valence-electron chi connectivity index (χ1n) is 8.86. The van der Waals surface area contributed by atoms with Gasteiger partial charge in [-0.15, -0.1) is 0 Å². The fraction of sp³-hybridized carbons (Fsp3) is 0.316. The van der Waals surface area contributed by atoms with Crippen LogP contribution in [0.25, 0.3) is 0 Å². The van der Waals surface area contributed by atoms with Gasteiger partial charge in [-0.1, -0.05) is 30.3 Å². The SMILES string of the molecule is Cc1ccccc1CC(=O)N1CCN(S(=O)(=O)c2cccc([N+](=O)[O-])c2)CC1. The molecule has 0 N–H and O–H groups in total. The van der Waals surface area contributed by atoms with Gasteiger partial charge in [0.05, 0.1) is 16.2 Å². The maximum atomic E-state index is 12.8. The van der Waals surface area contributed by atoms with Crippen molar-refractivity contribution >= 4 is 21.6 Å². The van der Waals surface area contributed by atoms with Crippen LogP contribution >= 0.6 is 0 Å². The van der Waals surface area contributed by atoms with Crippen molar-refractivity contribution in [2.75, 3.05) is 26.2 Å². The third-order valence-corrected chi connectivity index (χ3v) is 6.76. The number of aryl methyl sites for hydroxylation is 1. The first kappa shape index (κ1) is 20.0. The van der Waals surface area contributed by atoms with Gasteiger partial charge >= 0.3 is 0 Å². The Morgan fingerprint density at radius 3 is 2.39 bits per heavy atom. The van der Waals surface area contributed by atoms with E-state index in [-0.39, 0.29) is 36.0 Å². The van der Waals surface area contributed by atoms with E-state index in [0.29, 0.717) is 13.1 Å². The van der Waals surface area contributed by atoms with Gasteiger partial charge < -0.3 is 4.90 Å².